The SMILES string of the molecule is C=C[C@H]1CC(C(=O)CCCC)(C(=O)OC)C[C@@H]1OC(C)(C)C. The van der Waals surface area contributed by atoms with Crippen LogP contribution in [0.1, 0.15) is 59.8 Å². The van der Waals surface area contributed by atoms with Gasteiger partial charge in [0, 0.05) is 12.3 Å². The fourth-order valence-electron chi connectivity index (χ4n) is 3.21. The topological polar surface area (TPSA) is 52.6 Å². The van der Waals surface area contributed by atoms with Crippen molar-refractivity contribution in [3.63, 3.8) is 0 Å². The normalized spacial score (nSPS) is 28.4. The summed E-state index contributed by atoms with van der Waals surface area (Å²) in [5.41, 5.74) is -1.40. The summed E-state index contributed by atoms with van der Waals surface area (Å²) in [5.74, 6) is -0.461. The van der Waals surface area contributed by atoms with Crippen molar-refractivity contribution in [1.29, 1.82) is 0 Å². The molecule has 22 heavy (non-hydrogen) atoms. The molecule has 1 aliphatic rings. The summed E-state index contributed by atoms with van der Waals surface area (Å²) in [6.07, 6.45) is 4.58. The number of ketones is 1. The van der Waals surface area contributed by atoms with Crippen molar-refractivity contribution in [2.45, 2.75) is 71.5 Å². The molecule has 0 aromatic heterocycles. The Labute approximate surface area is 134 Å². The van der Waals surface area contributed by atoms with E-state index in [1.165, 1.54) is 7.11 Å². The Morgan fingerprint density at radius 2 is 1.95 bits per heavy atom. The number of rotatable bonds is 7. The number of carbonyl (C=O) groups excluding carboxylic acids is 2. The minimum atomic E-state index is -1.07. The molecular weight excluding hydrogens is 280 g/mol. The van der Waals surface area contributed by atoms with Crippen LogP contribution in [-0.4, -0.2) is 30.6 Å². The van der Waals surface area contributed by atoms with E-state index < -0.39 is 11.4 Å². The van der Waals surface area contributed by atoms with Crippen LogP contribution in [0.25, 0.3) is 0 Å². The minimum absolute atomic E-state index is 0.0103. The largest absolute Gasteiger partial charge is 0.468 e. The first-order valence-electron chi connectivity index (χ1n) is 8.12. The quantitative estimate of drug-likeness (QED) is 0.409. The number of methoxy groups -OCH3 is 1. The van der Waals surface area contributed by atoms with E-state index in [0.717, 1.165) is 12.8 Å². The molecule has 126 valence electrons. The molecule has 0 aliphatic heterocycles. The van der Waals surface area contributed by atoms with E-state index in [1.54, 1.807) is 6.08 Å². The summed E-state index contributed by atoms with van der Waals surface area (Å²) >= 11 is 0. The summed E-state index contributed by atoms with van der Waals surface area (Å²) in [4.78, 5) is 25.1. The molecule has 4 nitrogen and oxygen atoms in total. The van der Waals surface area contributed by atoms with Crippen LogP contribution in [0, 0.1) is 11.3 Å². The highest BCUT2D eigenvalue weighted by atomic mass is 16.5. The van der Waals surface area contributed by atoms with Gasteiger partial charge in [0.1, 0.15) is 11.2 Å². The number of hydrogen-bond donors (Lipinski definition) is 0. The molecule has 3 atom stereocenters. The molecule has 4 heteroatoms. The van der Waals surface area contributed by atoms with E-state index in [0.29, 0.717) is 19.3 Å². The van der Waals surface area contributed by atoms with Crippen LogP contribution < -0.4 is 0 Å². The predicted octanol–water partition coefficient (Wildman–Crippen LogP) is 3.68. The lowest BCUT2D eigenvalue weighted by molar-refractivity contribution is -0.159. The van der Waals surface area contributed by atoms with Gasteiger partial charge in [0.05, 0.1) is 18.8 Å². The van der Waals surface area contributed by atoms with Crippen LogP contribution in [0.4, 0.5) is 0 Å². The third-order valence-electron chi connectivity index (χ3n) is 4.29. The van der Waals surface area contributed by atoms with Crippen molar-refractivity contribution in [2.75, 3.05) is 7.11 Å². The Hall–Kier alpha value is -1.16. The molecule has 1 aliphatic carbocycles. The first kappa shape index (κ1) is 18.9. The van der Waals surface area contributed by atoms with Crippen molar-refractivity contribution in [1.82, 2.24) is 0 Å². The van der Waals surface area contributed by atoms with Gasteiger partial charge in [-0.05, 0) is 40.0 Å². The van der Waals surface area contributed by atoms with Crippen LogP contribution >= 0.6 is 0 Å². The molecule has 1 unspecified atom stereocenters. The van der Waals surface area contributed by atoms with Gasteiger partial charge >= 0.3 is 5.97 Å². The summed E-state index contributed by atoms with van der Waals surface area (Å²) in [7, 11) is 1.35. The van der Waals surface area contributed by atoms with Gasteiger partial charge in [-0.15, -0.1) is 6.58 Å². The molecule has 0 heterocycles. The van der Waals surface area contributed by atoms with Crippen molar-refractivity contribution < 1.29 is 19.1 Å². The molecule has 0 aromatic rings. The van der Waals surface area contributed by atoms with Gasteiger partial charge in [0.2, 0.25) is 0 Å². The van der Waals surface area contributed by atoms with Crippen LogP contribution in [0.2, 0.25) is 0 Å². The second-order valence-electron chi connectivity index (χ2n) is 7.18. The van der Waals surface area contributed by atoms with Crippen molar-refractivity contribution in [3.8, 4) is 0 Å². The Morgan fingerprint density at radius 3 is 2.41 bits per heavy atom. The van der Waals surface area contributed by atoms with Crippen LogP contribution in [0.5, 0.6) is 0 Å². The van der Waals surface area contributed by atoms with E-state index in [-0.39, 0.29) is 23.4 Å². The van der Waals surface area contributed by atoms with E-state index in [1.807, 2.05) is 27.7 Å². The Kier molecular flexibility index (Phi) is 6.36. The molecule has 0 amide bonds. The number of esters is 1. The number of carbonyl (C=O) groups is 2. The van der Waals surface area contributed by atoms with Gasteiger partial charge in [-0.2, -0.15) is 0 Å². The van der Waals surface area contributed by atoms with Crippen molar-refractivity contribution in [3.05, 3.63) is 12.7 Å². The van der Waals surface area contributed by atoms with E-state index in [9.17, 15) is 9.59 Å². The first-order valence-corrected chi connectivity index (χ1v) is 8.12. The maximum atomic E-state index is 12.7. The zero-order chi connectivity index (χ0) is 17.0. The second-order valence-corrected chi connectivity index (χ2v) is 7.18. The maximum absolute atomic E-state index is 12.7. The highest BCUT2D eigenvalue weighted by Crippen LogP contribution is 2.47. The summed E-state index contributed by atoms with van der Waals surface area (Å²) in [6, 6.07) is 0. The third-order valence-corrected chi connectivity index (χ3v) is 4.29. The van der Waals surface area contributed by atoms with Gasteiger partial charge in [-0.1, -0.05) is 19.4 Å². The molecule has 0 aromatic carbocycles. The molecule has 0 N–H and O–H groups in total. The van der Waals surface area contributed by atoms with Crippen molar-refractivity contribution in [2.24, 2.45) is 11.3 Å². The third kappa shape index (κ3) is 4.19. The average Bonchev–Trinajstić information content (AvgIpc) is 2.81. The molecule has 1 rings (SSSR count). The summed E-state index contributed by atoms with van der Waals surface area (Å²) < 4.78 is 11.0. The number of ether oxygens (including phenoxy) is 2. The second kappa shape index (κ2) is 7.40. The predicted molar refractivity (Wildman–Crippen MR) is 86.5 cm³/mol. The number of unbranched alkanes of at least 4 members (excludes halogenated alkanes) is 1. The molecule has 1 fully saturated rings. The zero-order valence-electron chi connectivity index (χ0n) is 14.6. The van der Waals surface area contributed by atoms with E-state index in [2.05, 4.69) is 6.58 Å². The highest BCUT2D eigenvalue weighted by molar-refractivity contribution is 6.04. The lowest BCUT2D eigenvalue weighted by atomic mass is 9.79. The smallest absolute Gasteiger partial charge is 0.319 e. The lowest BCUT2D eigenvalue weighted by Crippen LogP contribution is -2.39. The van der Waals surface area contributed by atoms with Gasteiger partial charge in [0.25, 0.3) is 0 Å². The van der Waals surface area contributed by atoms with Crippen LogP contribution in [0.3, 0.4) is 0 Å². The maximum Gasteiger partial charge on any atom is 0.319 e. The van der Waals surface area contributed by atoms with Crippen LogP contribution in [-0.2, 0) is 19.1 Å². The van der Waals surface area contributed by atoms with Crippen molar-refractivity contribution >= 4 is 11.8 Å². The molecule has 0 radical (unpaired) electrons. The fraction of sp³-hybridized carbons (Fsp3) is 0.778. The van der Waals surface area contributed by atoms with Gasteiger partial charge in [-0.3, -0.25) is 9.59 Å². The molecule has 0 spiro atoms. The Balaban J connectivity index is 3.05. The Bertz CT molecular complexity index is 421. The van der Waals surface area contributed by atoms with Gasteiger partial charge < -0.3 is 9.47 Å². The number of Topliss-reactive ketones (excluding diaryl/α,β-unsaturated/α-hetero) is 1. The molecule has 1 saturated carbocycles. The molecule has 0 saturated heterocycles. The minimum Gasteiger partial charge on any atom is -0.468 e. The van der Waals surface area contributed by atoms with Crippen LogP contribution in [0.15, 0.2) is 12.7 Å². The standard InChI is InChI=1S/C18H30O4/c1-7-9-10-15(19)18(16(20)21-6)11-13(8-2)14(12-18)22-17(3,4)5/h8,13-14H,2,7,9-12H2,1,3-6H3/t13-,14-,18?/m0/s1. The molecular formula is C18H30O4. The van der Waals surface area contributed by atoms with Gasteiger partial charge in [-0.25, -0.2) is 0 Å². The van der Waals surface area contributed by atoms with E-state index in [4.69, 9.17) is 9.47 Å². The lowest BCUT2D eigenvalue weighted by Gasteiger charge is -2.28. The average molecular weight is 310 g/mol. The zero-order valence-corrected chi connectivity index (χ0v) is 14.6. The monoisotopic (exact) mass is 310 g/mol. The summed E-state index contributed by atoms with van der Waals surface area (Å²) in [6.45, 7) is 11.8. The Morgan fingerprint density at radius 1 is 1.32 bits per heavy atom. The fourth-order valence-corrected chi connectivity index (χ4v) is 3.21. The van der Waals surface area contributed by atoms with E-state index >= 15 is 0 Å². The number of hydrogen-bond acceptors (Lipinski definition) is 4. The highest BCUT2D eigenvalue weighted by Gasteiger charge is 2.55. The van der Waals surface area contributed by atoms with Gasteiger partial charge in [0.15, 0.2) is 0 Å². The first-order chi connectivity index (χ1) is 10.2. The summed E-state index contributed by atoms with van der Waals surface area (Å²) in [5, 5.41) is 0. The molecule has 0 bridgehead atoms.